The molecule has 1 aromatic carbocycles. The fourth-order valence-corrected chi connectivity index (χ4v) is 4.56. The minimum absolute atomic E-state index is 0.111. The van der Waals surface area contributed by atoms with Crippen LogP contribution in [0.3, 0.4) is 0 Å². The highest BCUT2D eigenvalue weighted by Crippen LogP contribution is 2.23. The number of carbonyl (C=O) groups is 1. The molecule has 2 aromatic rings. The van der Waals surface area contributed by atoms with Crippen molar-refractivity contribution < 1.29 is 17.6 Å². The van der Waals surface area contributed by atoms with Gasteiger partial charge in [-0.2, -0.15) is 0 Å². The van der Waals surface area contributed by atoms with E-state index in [1.807, 2.05) is 11.9 Å². The molecule has 0 radical (unpaired) electrons. The quantitative estimate of drug-likeness (QED) is 0.900. The molecule has 1 unspecified atom stereocenters. The number of nitrogens with zero attached hydrogens (tertiary/aromatic N) is 2. The van der Waals surface area contributed by atoms with Crippen molar-refractivity contribution in [3.63, 3.8) is 0 Å². The normalized spacial score (nSPS) is 18.7. The molecule has 1 atom stereocenters. The summed E-state index contributed by atoms with van der Waals surface area (Å²) in [5.41, 5.74) is 1.39. The van der Waals surface area contributed by atoms with E-state index in [2.05, 4.69) is 10.3 Å². The zero-order valence-corrected chi connectivity index (χ0v) is 14.5. The molecule has 0 spiro atoms. The lowest BCUT2D eigenvalue weighted by molar-refractivity contribution is 0.102. The molecular formula is C17H18FN3O3S. The van der Waals surface area contributed by atoms with Gasteiger partial charge in [-0.1, -0.05) is 0 Å². The van der Waals surface area contributed by atoms with Crippen LogP contribution >= 0.6 is 0 Å². The highest BCUT2D eigenvalue weighted by Gasteiger charge is 2.31. The first-order valence-electron chi connectivity index (χ1n) is 7.80. The maximum Gasteiger partial charge on any atom is 0.274 e. The van der Waals surface area contributed by atoms with Gasteiger partial charge in [0.25, 0.3) is 5.91 Å². The molecule has 3 rings (SSSR count). The molecule has 1 aromatic heterocycles. The highest BCUT2D eigenvalue weighted by atomic mass is 32.2. The van der Waals surface area contributed by atoms with Crippen molar-refractivity contribution in [2.24, 2.45) is 0 Å². The van der Waals surface area contributed by atoms with Gasteiger partial charge >= 0.3 is 0 Å². The minimum atomic E-state index is -2.99. The molecule has 132 valence electrons. The molecular weight excluding hydrogens is 345 g/mol. The summed E-state index contributed by atoms with van der Waals surface area (Å²) in [6, 6.07) is 8.69. The van der Waals surface area contributed by atoms with Gasteiger partial charge in [0.05, 0.1) is 11.5 Å². The SMILES string of the molecule is CN(c1ccnc(C(=O)Nc2ccc(F)cc2)c1)C1CCS(=O)(=O)C1. The maximum atomic E-state index is 12.9. The third-order valence-electron chi connectivity index (χ3n) is 4.24. The fourth-order valence-electron chi connectivity index (χ4n) is 2.78. The minimum Gasteiger partial charge on any atom is -0.370 e. The van der Waals surface area contributed by atoms with Crippen LogP contribution in [0.1, 0.15) is 16.9 Å². The van der Waals surface area contributed by atoms with Gasteiger partial charge < -0.3 is 10.2 Å². The van der Waals surface area contributed by atoms with E-state index in [9.17, 15) is 17.6 Å². The third-order valence-corrected chi connectivity index (χ3v) is 5.99. The van der Waals surface area contributed by atoms with E-state index in [-0.39, 0.29) is 29.1 Å². The second-order valence-corrected chi connectivity index (χ2v) is 8.26. The lowest BCUT2D eigenvalue weighted by atomic mass is 10.2. The van der Waals surface area contributed by atoms with E-state index in [1.54, 1.807) is 12.1 Å². The molecule has 0 bridgehead atoms. The van der Waals surface area contributed by atoms with Crippen LogP contribution in [0.15, 0.2) is 42.6 Å². The molecule has 1 saturated heterocycles. The van der Waals surface area contributed by atoms with Gasteiger partial charge in [-0.25, -0.2) is 12.8 Å². The summed E-state index contributed by atoms with van der Waals surface area (Å²) >= 11 is 0. The number of anilines is 2. The van der Waals surface area contributed by atoms with Gasteiger partial charge in [0.1, 0.15) is 11.5 Å². The Kier molecular flexibility index (Phi) is 4.71. The van der Waals surface area contributed by atoms with Crippen LogP contribution in [0.25, 0.3) is 0 Å². The number of sulfone groups is 1. The number of amides is 1. The number of rotatable bonds is 4. The zero-order valence-electron chi connectivity index (χ0n) is 13.6. The molecule has 25 heavy (non-hydrogen) atoms. The van der Waals surface area contributed by atoms with Crippen molar-refractivity contribution in [1.29, 1.82) is 0 Å². The maximum absolute atomic E-state index is 12.9. The number of carbonyl (C=O) groups excluding carboxylic acids is 1. The molecule has 8 heteroatoms. The average Bonchev–Trinajstić information content (AvgIpc) is 2.96. The van der Waals surface area contributed by atoms with Crippen LogP contribution in [0.4, 0.5) is 15.8 Å². The van der Waals surface area contributed by atoms with Gasteiger partial charge in [-0.15, -0.1) is 0 Å². The van der Waals surface area contributed by atoms with Crippen LogP contribution < -0.4 is 10.2 Å². The van der Waals surface area contributed by atoms with E-state index < -0.39 is 15.7 Å². The average molecular weight is 363 g/mol. The van der Waals surface area contributed by atoms with Crippen molar-refractivity contribution >= 4 is 27.1 Å². The second-order valence-electron chi connectivity index (χ2n) is 6.03. The molecule has 2 heterocycles. The molecule has 1 aliphatic rings. The first kappa shape index (κ1) is 17.3. The van der Waals surface area contributed by atoms with Crippen molar-refractivity contribution in [3.8, 4) is 0 Å². The summed E-state index contributed by atoms with van der Waals surface area (Å²) in [4.78, 5) is 18.2. The molecule has 1 fully saturated rings. The van der Waals surface area contributed by atoms with E-state index in [0.29, 0.717) is 12.1 Å². The number of halogens is 1. The van der Waals surface area contributed by atoms with Gasteiger partial charge in [-0.05, 0) is 42.8 Å². The number of benzene rings is 1. The second kappa shape index (κ2) is 6.79. The lowest BCUT2D eigenvalue weighted by Gasteiger charge is -2.25. The Labute approximate surface area is 145 Å². The Bertz CT molecular complexity index is 884. The molecule has 1 N–H and O–H groups in total. The van der Waals surface area contributed by atoms with Crippen molar-refractivity contribution in [2.75, 3.05) is 28.8 Å². The Morgan fingerprint density at radius 2 is 2.00 bits per heavy atom. The van der Waals surface area contributed by atoms with Crippen molar-refractivity contribution in [1.82, 2.24) is 4.98 Å². The molecule has 6 nitrogen and oxygen atoms in total. The largest absolute Gasteiger partial charge is 0.370 e. The molecule has 1 aliphatic heterocycles. The van der Waals surface area contributed by atoms with Gasteiger partial charge in [0.15, 0.2) is 9.84 Å². The number of hydrogen-bond acceptors (Lipinski definition) is 5. The van der Waals surface area contributed by atoms with Crippen LogP contribution in [0, 0.1) is 5.82 Å². The Hall–Kier alpha value is -2.48. The number of aromatic nitrogens is 1. The standard InChI is InChI=1S/C17H18FN3O3S/c1-21(15-7-9-25(23,24)11-15)14-6-8-19-16(10-14)17(22)20-13-4-2-12(18)3-5-13/h2-6,8,10,15H,7,9,11H2,1H3,(H,20,22). The summed E-state index contributed by atoms with van der Waals surface area (Å²) in [6.07, 6.45) is 2.08. The summed E-state index contributed by atoms with van der Waals surface area (Å²) in [6.45, 7) is 0. The summed E-state index contributed by atoms with van der Waals surface area (Å²) in [5.74, 6) is -0.499. The summed E-state index contributed by atoms with van der Waals surface area (Å²) in [7, 11) is -1.18. The predicted octanol–water partition coefficient (Wildman–Crippen LogP) is 2.10. The van der Waals surface area contributed by atoms with Gasteiger partial charge in [0, 0.05) is 30.7 Å². The highest BCUT2D eigenvalue weighted by molar-refractivity contribution is 7.91. The van der Waals surface area contributed by atoms with E-state index in [1.165, 1.54) is 30.5 Å². The van der Waals surface area contributed by atoms with Gasteiger partial charge in [-0.3, -0.25) is 9.78 Å². The monoisotopic (exact) mass is 363 g/mol. The van der Waals surface area contributed by atoms with Gasteiger partial charge in [0.2, 0.25) is 0 Å². The summed E-state index contributed by atoms with van der Waals surface area (Å²) < 4.78 is 36.2. The Morgan fingerprint density at radius 3 is 2.64 bits per heavy atom. The smallest absolute Gasteiger partial charge is 0.274 e. The molecule has 1 amide bonds. The van der Waals surface area contributed by atoms with Crippen molar-refractivity contribution in [2.45, 2.75) is 12.5 Å². The van der Waals surface area contributed by atoms with Crippen LogP contribution in [-0.4, -0.2) is 43.9 Å². The van der Waals surface area contributed by atoms with E-state index in [4.69, 9.17) is 0 Å². The topological polar surface area (TPSA) is 79.4 Å². The van der Waals surface area contributed by atoms with Crippen molar-refractivity contribution in [3.05, 3.63) is 54.1 Å². The zero-order chi connectivity index (χ0) is 18.0. The Morgan fingerprint density at radius 1 is 1.28 bits per heavy atom. The third kappa shape index (κ3) is 4.14. The first-order chi connectivity index (χ1) is 11.8. The van der Waals surface area contributed by atoms with Crippen LogP contribution in [0.5, 0.6) is 0 Å². The number of hydrogen-bond donors (Lipinski definition) is 1. The van der Waals surface area contributed by atoms with E-state index >= 15 is 0 Å². The fraction of sp³-hybridized carbons (Fsp3) is 0.294. The predicted molar refractivity (Wildman–Crippen MR) is 94.1 cm³/mol. The van der Waals surface area contributed by atoms with E-state index in [0.717, 1.165) is 5.69 Å². The van der Waals surface area contributed by atoms with Crippen LogP contribution in [-0.2, 0) is 9.84 Å². The molecule has 0 aliphatic carbocycles. The summed E-state index contributed by atoms with van der Waals surface area (Å²) in [5, 5.41) is 2.65. The first-order valence-corrected chi connectivity index (χ1v) is 9.62. The Balaban J connectivity index is 1.74. The molecule has 0 saturated carbocycles. The number of nitrogens with one attached hydrogen (secondary N) is 1. The van der Waals surface area contributed by atoms with Crippen LogP contribution in [0.2, 0.25) is 0 Å². The number of pyridine rings is 1. The lowest BCUT2D eigenvalue weighted by Crippen LogP contribution is -2.32.